The fraction of sp³-hybridized carbons (Fsp3) is 0.250. The molecular formula is C8H11NaO2. The second-order valence-corrected chi connectivity index (χ2v) is 2.11. The predicted molar refractivity (Wildman–Crippen MR) is 45.6 cm³/mol. The van der Waals surface area contributed by atoms with Crippen LogP contribution in [0.3, 0.4) is 0 Å². The van der Waals surface area contributed by atoms with Gasteiger partial charge in [0.05, 0.1) is 6.61 Å². The van der Waals surface area contributed by atoms with E-state index in [-0.39, 0.29) is 36.2 Å². The van der Waals surface area contributed by atoms with Crippen molar-refractivity contribution in [1.82, 2.24) is 0 Å². The van der Waals surface area contributed by atoms with Crippen molar-refractivity contribution in [2.24, 2.45) is 0 Å². The zero-order valence-electron chi connectivity index (χ0n) is 5.57. The first kappa shape index (κ1) is 11.1. The van der Waals surface area contributed by atoms with E-state index in [2.05, 4.69) is 0 Å². The second kappa shape index (κ2) is 5.75. The molecule has 0 aromatic heterocycles. The Morgan fingerprint density at radius 1 is 1.18 bits per heavy atom. The van der Waals surface area contributed by atoms with Crippen LogP contribution in [0, 0.1) is 0 Å². The van der Waals surface area contributed by atoms with Gasteiger partial charge in [-0.2, -0.15) is 0 Å². The van der Waals surface area contributed by atoms with Gasteiger partial charge in [0.2, 0.25) is 0 Å². The molecule has 0 bridgehead atoms. The van der Waals surface area contributed by atoms with Crippen LogP contribution >= 0.6 is 0 Å². The molecule has 0 aliphatic rings. The molecule has 2 nitrogen and oxygen atoms in total. The van der Waals surface area contributed by atoms with Gasteiger partial charge in [0.15, 0.2) is 0 Å². The van der Waals surface area contributed by atoms with E-state index in [9.17, 15) is 0 Å². The average molecular weight is 162 g/mol. The number of benzene rings is 1. The summed E-state index contributed by atoms with van der Waals surface area (Å²) in [7, 11) is 0. The van der Waals surface area contributed by atoms with Gasteiger partial charge < -0.3 is 10.2 Å². The van der Waals surface area contributed by atoms with E-state index in [1.54, 1.807) is 12.1 Å². The summed E-state index contributed by atoms with van der Waals surface area (Å²) in [5.74, 6) is 0. The van der Waals surface area contributed by atoms with E-state index >= 15 is 0 Å². The van der Waals surface area contributed by atoms with Gasteiger partial charge in [0, 0.05) is 0 Å². The Morgan fingerprint density at radius 3 is 2.18 bits per heavy atom. The Bertz CT molecular complexity index is 189. The molecule has 0 heterocycles. The van der Waals surface area contributed by atoms with Crippen LogP contribution in [0.4, 0.5) is 0 Å². The fourth-order valence-corrected chi connectivity index (χ4v) is 0.781. The van der Waals surface area contributed by atoms with Gasteiger partial charge in [-0.15, -0.1) is 0 Å². The standard InChI is InChI=1S/C8H10O2.Na.H/c9-6-8(10)7-4-2-1-3-5-7;;/h1-5,8-10H,6H2;;/t8-;;/m0../s1. The third-order valence-corrected chi connectivity index (χ3v) is 1.36. The summed E-state index contributed by atoms with van der Waals surface area (Å²) in [4.78, 5) is 0. The zero-order chi connectivity index (χ0) is 7.40. The van der Waals surface area contributed by atoms with Gasteiger partial charge in [0.25, 0.3) is 0 Å². The maximum atomic E-state index is 9.08. The van der Waals surface area contributed by atoms with E-state index in [1.165, 1.54) is 0 Å². The molecule has 0 saturated carbocycles. The Labute approximate surface area is 88.2 Å². The first-order chi connectivity index (χ1) is 4.84. The quantitative estimate of drug-likeness (QED) is 0.604. The van der Waals surface area contributed by atoms with Crippen molar-refractivity contribution in [3.8, 4) is 0 Å². The Kier molecular flexibility index (Phi) is 5.82. The Hall–Kier alpha value is 0.140. The maximum absolute atomic E-state index is 9.08. The van der Waals surface area contributed by atoms with Gasteiger partial charge in [-0.05, 0) is 5.56 Å². The molecule has 0 aliphatic carbocycles. The van der Waals surface area contributed by atoms with Gasteiger partial charge in [-0.25, -0.2) is 0 Å². The van der Waals surface area contributed by atoms with Crippen LogP contribution < -0.4 is 0 Å². The van der Waals surface area contributed by atoms with Crippen molar-refractivity contribution >= 4 is 29.6 Å². The van der Waals surface area contributed by atoms with E-state index in [1.807, 2.05) is 18.2 Å². The molecule has 1 atom stereocenters. The van der Waals surface area contributed by atoms with Crippen molar-refractivity contribution in [2.45, 2.75) is 6.10 Å². The molecule has 0 saturated heterocycles. The van der Waals surface area contributed by atoms with Gasteiger partial charge in [-0.3, -0.25) is 0 Å². The molecular weight excluding hydrogens is 151 g/mol. The molecule has 11 heavy (non-hydrogen) atoms. The first-order valence-electron chi connectivity index (χ1n) is 3.18. The summed E-state index contributed by atoms with van der Waals surface area (Å²) in [6.45, 7) is -0.218. The van der Waals surface area contributed by atoms with Crippen LogP contribution in [-0.4, -0.2) is 46.4 Å². The van der Waals surface area contributed by atoms with Crippen LogP contribution in [0.2, 0.25) is 0 Å². The number of rotatable bonds is 2. The van der Waals surface area contributed by atoms with Crippen LogP contribution in [0.1, 0.15) is 11.7 Å². The summed E-state index contributed by atoms with van der Waals surface area (Å²) in [5, 5.41) is 17.6. The van der Waals surface area contributed by atoms with Crippen molar-refractivity contribution < 1.29 is 10.2 Å². The van der Waals surface area contributed by atoms with Crippen molar-refractivity contribution in [2.75, 3.05) is 6.61 Å². The van der Waals surface area contributed by atoms with Gasteiger partial charge in [0.1, 0.15) is 6.10 Å². The molecule has 2 N–H and O–H groups in total. The minimum atomic E-state index is -0.735. The number of hydrogen-bond acceptors (Lipinski definition) is 2. The van der Waals surface area contributed by atoms with E-state index in [4.69, 9.17) is 10.2 Å². The molecule has 0 aliphatic heterocycles. The first-order valence-corrected chi connectivity index (χ1v) is 3.18. The average Bonchev–Trinajstić information content (AvgIpc) is 2.05. The Balaban J connectivity index is 0.000001000. The van der Waals surface area contributed by atoms with Crippen molar-refractivity contribution in [1.29, 1.82) is 0 Å². The van der Waals surface area contributed by atoms with Crippen LogP contribution in [0.15, 0.2) is 30.3 Å². The summed E-state index contributed by atoms with van der Waals surface area (Å²) >= 11 is 0. The van der Waals surface area contributed by atoms with Gasteiger partial charge in [-0.1, -0.05) is 30.3 Å². The van der Waals surface area contributed by atoms with E-state index in [0.717, 1.165) is 5.56 Å². The molecule has 0 spiro atoms. The SMILES string of the molecule is OC[C@H](O)c1ccccc1.[NaH]. The molecule has 0 radical (unpaired) electrons. The summed E-state index contributed by atoms with van der Waals surface area (Å²) in [6, 6.07) is 9.08. The molecule has 1 aromatic carbocycles. The normalized spacial score (nSPS) is 11.8. The van der Waals surface area contributed by atoms with Crippen LogP contribution in [0.25, 0.3) is 0 Å². The summed E-state index contributed by atoms with van der Waals surface area (Å²) in [5.41, 5.74) is 0.755. The predicted octanol–water partition coefficient (Wildman–Crippen LogP) is 0.0638. The van der Waals surface area contributed by atoms with Gasteiger partial charge >= 0.3 is 29.6 Å². The monoisotopic (exact) mass is 162 g/mol. The Morgan fingerprint density at radius 2 is 1.73 bits per heavy atom. The number of hydrogen-bond donors (Lipinski definition) is 2. The molecule has 0 fully saturated rings. The molecule has 0 amide bonds. The van der Waals surface area contributed by atoms with E-state index in [0.29, 0.717) is 0 Å². The van der Waals surface area contributed by atoms with Crippen molar-refractivity contribution in [3.05, 3.63) is 35.9 Å². The number of aliphatic hydroxyl groups excluding tert-OH is 2. The van der Waals surface area contributed by atoms with Crippen LogP contribution in [-0.2, 0) is 0 Å². The molecule has 0 unspecified atom stereocenters. The number of aliphatic hydroxyl groups is 2. The molecule has 56 valence electrons. The topological polar surface area (TPSA) is 40.5 Å². The molecule has 1 aromatic rings. The van der Waals surface area contributed by atoms with Crippen LogP contribution in [0.5, 0.6) is 0 Å². The second-order valence-electron chi connectivity index (χ2n) is 2.11. The third-order valence-electron chi connectivity index (χ3n) is 1.36. The molecule has 3 heteroatoms. The minimum absolute atomic E-state index is 0. The third kappa shape index (κ3) is 3.36. The zero-order valence-corrected chi connectivity index (χ0v) is 5.57. The summed E-state index contributed by atoms with van der Waals surface area (Å²) in [6.07, 6.45) is -0.735. The van der Waals surface area contributed by atoms with E-state index < -0.39 is 6.10 Å². The fourth-order valence-electron chi connectivity index (χ4n) is 0.781. The molecule has 1 rings (SSSR count). The van der Waals surface area contributed by atoms with Crippen molar-refractivity contribution in [3.63, 3.8) is 0 Å². The summed E-state index contributed by atoms with van der Waals surface area (Å²) < 4.78 is 0.